The predicted octanol–water partition coefficient (Wildman–Crippen LogP) is 1.98. The summed E-state index contributed by atoms with van der Waals surface area (Å²) < 4.78 is 10.6. The number of fused-ring (bicyclic) bond motifs is 1. The van der Waals surface area contributed by atoms with Crippen LogP contribution in [-0.4, -0.2) is 44.9 Å². The molecule has 1 aliphatic heterocycles. The van der Waals surface area contributed by atoms with Crippen LogP contribution in [0.25, 0.3) is 0 Å². The quantitative estimate of drug-likeness (QED) is 0.921. The van der Waals surface area contributed by atoms with E-state index in [2.05, 4.69) is 17.0 Å². The molecule has 1 saturated heterocycles. The molecule has 3 rings (SSSR count). The van der Waals surface area contributed by atoms with E-state index < -0.39 is 0 Å². The molecular formula is C17H26N2O2. The summed E-state index contributed by atoms with van der Waals surface area (Å²) in [5.41, 5.74) is 9.16. The summed E-state index contributed by atoms with van der Waals surface area (Å²) in [6.45, 7) is 3.16. The smallest absolute Gasteiger partial charge is 0.119 e. The number of nitrogens with zero attached hydrogens (tertiary/aromatic N) is 1. The van der Waals surface area contributed by atoms with Gasteiger partial charge in [0.1, 0.15) is 5.75 Å². The lowest BCUT2D eigenvalue weighted by Crippen LogP contribution is -2.45. The highest BCUT2D eigenvalue weighted by Gasteiger charge is 2.35. The molecule has 0 amide bonds. The van der Waals surface area contributed by atoms with Gasteiger partial charge in [0, 0.05) is 25.8 Å². The predicted molar refractivity (Wildman–Crippen MR) is 83.6 cm³/mol. The van der Waals surface area contributed by atoms with Gasteiger partial charge in [0.15, 0.2) is 0 Å². The fourth-order valence-corrected chi connectivity index (χ4v) is 3.80. The molecule has 0 spiro atoms. The number of rotatable bonds is 4. The average Bonchev–Trinajstić information content (AvgIpc) is 2.85. The van der Waals surface area contributed by atoms with Crippen LogP contribution >= 0.6 is 0 Å². The highest BCUT2D eigenvalue weighted by Crippen LogP contribution is 2.36. The molecule has 1 aromatic carbocycles. The van der Waals surface area contributed by atoms with Crippen molar-refractivity contribution in [1.29, 1.82) is 0 Å². The Morgan fingerprint density at radius 1 is 1.24 bits per heavy atom. The van der Waals surface area contributed by atoms with Crippen LogP contribution in [0.2, 0.25) is 0 Å². The van der Waals surface area contributed by atoms with E-state index in [0.29, 0.717) is 12.0 Å². The normalized spacial score (nSPS) is 26.8. The second-order valence-corrected chi connectivity index (χ2v) is 6.30. The first-order valence-electron chi connectivity index (χ1n) is 7.88. The van der Waals surface area contributed by atoms with Gasteiger partial charge >= 0.3 is 0 Å². The van der Waals surface area contributed by atoms with Crippen LogP contribution in [0.4, 0.5) is 0 Å². The number of hydrogen-bond acceptors (Lipinski definition) is 4. The maximum atomic E-state index is 6.52. The second-order valence-electron chi connectivity index (χ2n) is 6.30. The van der Waals surface area contributed by atoms with Gasteiger partial charge in [-0.2, -0.15) is 0 Å². The Bertz CT molecular complexity index is 484. The van der Waals surface area contributed by atoms with E-state index >= 15 is 0 Å². The third-order valence-corrected chi connectivity index (χ3v) is 5.08. The molecule has 2 atom stereocenters. The van der Waals surface area contributed by atoms with Crippen molar-refractivity contribution in [2.45, 2.75) is 31.3 Å². The van der Waals surface area contributed by atoms with Gasteiger partial charge in [0.2, 0.25) is 0 Å². The Kier molecular flexibility index (Phi) is 4.48. The molecule has 0 aromatic heterocycles. The van der Waals surface area contributed by atoms with Crippen LogP contribution in [0, 0.1) is 5.92 Å². The number of piperidine rings is 1. The third kappa shape index (κ3) is 2.93. The highest BCUT2D eigenvalue weighted by molar-refractivity contribution is 5.42. The molecule has 1 fully saturated rings. The number of benzene rings is 1. The largest absolute Gasteiger partial charge is 0.497 e. The standard InChI is InChI=1S/C17H26N2O2/c1-20-11-12-5-7-19(8-6-12)16-9-13-3-4-14(21-2)10-15(13)17(16)18/h3-4,10,12,16-17H,5-9,11,18H2,1-2H3. The topological polar surface area (TPSA) is 47.7 Å². The summed E-state index contributed by atoms with van der Waals surface area (Å²) in [6, 6.07) is 6.87. The lowest BCUT2D eigenvalue weighted by atomic mass is 9.95. The van der Waals surface area contributed by atoms with E-state index in [9.17, 15) is 0 Å². The third-order valence-electron chi connectivity index (χ3n) is 5.08. The van der Waals surface area contributed by atoms with E-state index in [0.717, 1.165) is 31.9 Å². The van der Waals surface area contributed by atoms with E-state index in [4.69, 9.17) is 15.2 Å². The van der Waals surface area contributed by atoms with Gasteiger partial charge in [-0.05, 0) is 61.5 Å². The number of ether oxygens (including phenoxy) is 2. The SMILES string of the molecule is COCC1CCN(C2Cc3ccc(OC)cc3C2N)CC1. The van der Waals surface area contributed by atoms with Crippen LogP contribution in [0.3, 0.4) is 0 Å². The second kappa shape index (κ2) is 6.34. The molecule has 4 nitrogen and oxygen atoms in total. The molecule has 0 radical (unpaired) electrons. The minimum absolute atomic E-state index is 0.106. The lowest BCUT2D eigenvalue weighted by Gasteiger charge is -2.37. The number of methoxy groups -OCH3 is 2. The molecule has 0 saturated carbocycles. The zero-order valence-corrected chi connectivity index (χ0v) is 13.0. The summed E-state index contributed by atoms with van der Waals surface area (Å²) in [5.74, 6) is 1.62. The monoisotopic (exact) mass is 290 g/mol. The van der Waals surface area contributed by atoms with Crippen molar-refractivity contribution in [1.82, 2.24) is 4.90 Å². The summed E-state index contributed by atoms with van der Waals surface area (Å²) in [5, 5.41) is 0. The van der Waals surface area contributed by atoms with E-state index in [1.165, 1.54) is 24.0 Å². The van der Waals surface area contributed by atoms with Crippen LogP contribution in [0.1, 0.15) is 30.0 Å². The van der Waals surface area contributed by atoms with Gasteiger partial charge in [-0.3, -0.25) is 4.90 Å². The summed E-state index contributed by atoms with van der Waals surface area (Å²) in [4.78, 5) is 2.57. The number of hydrogen-bond donors (Lipinski definition) is 1. The van der Waals surface area contributed by atoms with Crippen molar-refractivity contribution in [3.63, 3.8) is 0 Å². The summed E-state index contributed by atoms with van der Waals surface area (Å²) in [7, 11) is 3.50. The van der Waals surface area contributed by atoms with Crippen LogP contribution < -0.4 is 10.5 Å². The molecule has 1 heterocycles. The van der Waals surface area contributed by atoms with E-state index in [-0.39, 0.29) is 6.04 Å². The molecular weight excluding hydrogens is 264 g/mol. The Labute approximate surface area is 127 Å². The minimum atomic E-state index is 0.106. The van der Waals surface area contributed by atoms with Crippen molar-refractivity contribution < 1.29 is 9.47 Å². The summed E-state index contributed by atoms with van der Waals surface area (Å²) in [6.07, 6.45) is 3.50. The first kappa shape index (κ1) is 14.8. The Hall–Kier alpha value is -1.10. The van der Waals surface area contributed by atoms with Crippen molar-refractivity contribution in [3.05, 3.63) is 29.3 Å². The van der Waals surface area contributed by atoms with Gasteiger partial charge in [0.25, 0.3) is 0 Å². The van der Waals surface area contributed by atoms with Gasteiger partial charge < -0.3 is 15.2 Å². The first-order chi connectivity index (χ1) is 10.2. The van der Waals surface area contributed by atoms with E-state index in [1.807, 2.05) is 6.07 Å². The lowest BCUT2D eigenvalue weighted by molar-refractivity contribution is 0.0754. The van der Waals surface area contributed by atoms with Crippen LogP contribution in [-0.2, 0) is 11.2 Å². The summed E-state index contributed by atoms with van der Waals surface area (Å²) >= 11 is 0. The molecule has 116 valence electrons. The average molecular weight is 290 g/mol. The molecule has 2 N–H and O–H groups in total. The Morgan fingerprint density at radius 2 is 2.00 bits per heavy atom. The van der Waals surface area contributed by atoms with Crippen molar-refractivity contribution >= 4 is 0 Å². The molecule has 0 bridgehead atoms. The first-order valence-corrected chi connectivity index (χ1v) is 7.88. The van der Waals surface area contributed by atoms with Crippen LogP contribution in [0.15, 0.2) is 18.2 Å². The number of likely N-dealkylation sites (tertiary alicyclic amines) is 1. The minimum Gasteiger partial charge on any atom is -0.497 e. The van der Waals surface area contributed by atoms with Crippen molar-refractivity contribution in [2.24, 2.45) is 11.7 Å². The number of nitrogens with two attached hydrogens (primary N) is 1. The van der Waals surface area contributed by atoms with E-state index in [1.54, 1.807) is 14.2 Å². The van der Waals surface area contributed by atoms with Crippen molar-refractivity contribution in [2.75, 3.05) is 33.9 Å². The fraction of sp³-hybridized carbons (Fsp3) is 0.647. The zero-order valence-electron chi connectivity index (χ0n) is 13.0. The maximum absolute atomic E-state index is 6.52. The Morgan fingerprint density at radius 3 is 2.67 bits per heavy atom. The fourth-order valence-electron chi connectivity index (χ4n) is 3.80. The van der Waals surface area contributed by atoms with Gasteiger partial charge in [-0.1, -0.05) is 6.07 Å². The van der Waals surface area contributed by atoms with Gasteiger partial charge in [-0.25, -0.2) is 0 Å². The molecule has 2 aliphatic rings. The zero-order chi connectivity index (χ0) is 14.8. The van der Waals surface area contributed by atoms with Gasteiger partial charge in [0.05, 0.1) is 7.11 Å². The molecule has 4 heteroatoms. The molecule has 1 aliphatic carbocycles. The van der Waals surface area contributed by atoms with Crippen LogP contribution in [0.5, 0.6) is 5.75 Å². The van der Waals surface area contributed by atoms with Crippen molar-refractivity contribution in [3.8, 4) is 5.75 Å². The van der Waals surface area contributed by atoms with Gasteiger partial charge in [-0.15, -0.1) is 0 Å². The molecule has 1 aromatic rings. The maximum Gasteiger partial charge on any atom is 0.119 e. The molecule has 21 heavy (non-hydrogen) atoms. The molecule has 2 unspecified atom stereocenters. The Balaban J connectivity index is 1.66. The highest BCUT2D eigenvalue weighted by atomic mass is 16.5.